The number of para-hydroxylation sites is 4. The van der Waals surface area contributed by atoms with Crippen molar-refractivity contribution in [3.05, 3.63) is 194 Å². The Morgan fingerprint density at radius 3 is 1.26 bits per heavy atom. The normalized spacial score (nSPS) is 11.5. The maximum atomic E-state index is 6.75. The van der Waals surface area contributed by atoms with Crippen molar-refractivity contribution in [1.29, 1.82) is 0 Å². The molecule has 0 saturated heterocycles. The molecule has 10 rings (SSSR count). The van der Waals surface area contributed by atoms with Crippen LogP contribution in [-0.4, -0.2) is 19.1 Å². The van der Waals surface area contributed by atoms with E-state index in [0.717, 1.165) is 88.7 Å². The van der Waals surface area contributed by atoms with Gasteiger partial charge in [-0.3, -0.25) is 9.13 Å². The Morgan fingerprint density at radius 2 is 0.796 bits per heavy atom. The van der Waals surface area contributed by atoms with Crippen molar-refractivity contribution in [3.8, 4) is 34.0 Å². The number of fused-ring (bicyclic) bond motifs is 4. The first-order chi connectivity index (χ1) is 26.8. The largest absolute Gasteiger partial charge is 0.488 e. The van der Waals surface area contributed by atoms with Crippen LogP contribution in [0.3, 0.4) is 0 Å². The lowest BCUT2D eigenvalue weighted by Gasteiger charge is -2.20. The highest BCUT2D eigenvalue weighted by molar-refractivity contribution is 6.09. The summed E-state index contributed by atoms with van der Waals surface area (Å²) in [6.07, 6.45) is 3.75. The van der Waals surface area contributed by atoms with Gasteiger partial charge in [0.25, 0.3) is 0 Å². The molecule has 0 unspecified atom stereocenters. The summed E-state index contributed by atoms with van der Waals surface area (Å²) in [5.41, 5.74) is 10.4. The fourth-order valence-corrected chi connectivity index (χ4v) is 7.42. The molecule has 0 aliphatic heterocycles. The Balaban J connectivity index is 0.983. The minimum atomic E-state index is 0.413. The van der Waals surface area contributed by atoms with Crippen molar-refractivity contribution < 1.29 is 9.47 Å². The van der Waals surface area contributed by atoms with Gasteiger partial charge in [-0.15, -0.1) is 0 Å². The average Bonchev–Trinajstić information content (AvgIpc) is 3.87. The second kappa shape index (κ2) is 13.4. The molecule has 54 heavy (non-hydrogen) atoms. The summed E-state index contributed by atoms with van der Waals surface area (Å²) in [7, 11) is 0. The highest BCUT2D eigenvalue weighted by atomic mass is 16.5. The number of hydrogen-bond acceptors (Lipinski definition) is 4. The smallest absolute Gasteiger partial charge is 0.128 e. The van der Waals surface area contributed by atoms with Crippen LogP contribution >= 0.6 is 0 Å². The number of benzene rings is 8. The van der Waals surface area contributed by atoms with E-state index in [1.165, 1.54) is 0 Å². The molecule has 6 nitrogen and oxygen atoms in total. The van der Waals surface area contributed by atoms with Crippen molar-refractivity contribution >= 4 is 43.6 Å². The first-order valence-electron chi connectivity index (χ1n) is 18.1. The van der Waals surface area contributed by atoms with Gasteiger partial charge in [-0.25, -0.2) is 9.97 Å². The van der Waals surface area contributed by atoms with Crippen molar-refractivity contribution in [2.24, 2.45) is 0 Å². The number of aromatic nitrogens is 4. The van der Waals surface area contributed by atoms with Crippen molar-refractivity contribution in [3.63, 3.8) is 0 Å². The van der Waals surface area contributed by atoms with Gasteiger partial charge in [0.05, 0.1) is 22.1 Å². The Labute approximate surface area is 312 Å². The zero-order valence-electron chi connectivity index (χ0n) is 29.3. The molecule has 2 heterocycles. The zero-order chi connectivity index (χ0) is 35.8. The van der Waals surface area contributed by atoms with E-state index in [9.17, 15) is 0 Å². The number of nitrogens with zero attached hydrogens (tertiary/aromatic N) is 4. The van der Waals surface area contributed by atoms with Crippen LogP contribution in [0.2, 0.25) is 0 Å². The summed E-state index contributed by atoms with van der Waals surface area (Å²) in [6.45, 7) is 0.825. The van der Waals surface area contributed by atoms with Crippen LogP contribution in [0.25, 0.3) is 66.1 Å². The second-order valence-electron chi connectivity index (χ2n) is 13.4. The molecule has 6 heteroatoms. The summed E-state index contributed by atoms with van der Waals surface area (Å²) < 4.78 is 17.7. The van der Waals surface area contributed by atoms with E-state index in [1.54, 1.807) is 0 Å². The highest BCUT2D eigenvalue weighted by Gasteiger charge is 2.20. The van der Waals surface area contributed by atoms with Crippen LogP contribution in [0.15, 0.2) is 183 Å². The van der Waals surface area contributed by atoms with Gasteiger partial charge in [0.15, 0.2) is 0 Å². The van der Waals surface area contributed by atoms with E-state index >= 15 is 0 Å². The third-order valence-corrected chi connectivity index (χ3v) is 10.2. The van der Waals surface area contributed by atoms with Gasteiger partial charge in [0.1, 0.15) is 37.4 Å². The van der Waals surface area contributed by atoms with E-state index in [1.807, 2.05) is 49.1 Å². The van der Waals surface area contributed by atoms with E-state index in [4.69, 9.17) is 9.47 Å². The van der Waals surface area contributed by atoms with E-state index < -0.39 is 0 Å². The summed E-state index contributed by atoms with van der Waals surface area (Å²) in [6, 6.07) is 58.8. The molecule has 0 fully saturated rings. The van der Waals surface area contributed by atoms with Gasteiger partial charge in [0, 0.05) is 22.5 Å². The molecule has 0 radical (unpaired) electrons. The third-order valence-electron chi connectivity index (χ3n) is 10.2. The average molecular weight is 699 g/mol. The molecule has 10 aromatic rings. The van der Waals surface area contributed by atoms with Gasteiger partial charge >= 0.3 is 0 Å². The van der Waals surface area contributed by atoms with Crippen LogP contribution < -0.4 is 9.47 Å². The van der Waals surface area contributed by atoms with Crippen LogP contribution in [0, 0.1) is 0 Å². The minimum Gasteiger partial charge on any atom is -0.488 e. The molecule has 0 saturated carbocycles. The number of ether oxygens (including phenoxy) is 2. The SMILES string of the molecule is c1ccc2c(-c3c(OCc4ccc(-n5cnc6ccccc65)cc4)ccc4ccccc34)c(OCc3ccc(-n4cnc5ccccc54)cc3)ccc2c1. The highest BCUT2D eigenvalue weighted by Crippen LogP contribution is 2.46. The summed E-state index contributed by atoms with van der Waals surface area (Å²) >= 11 is 0. The van der Waals surface area contributed by atoms with Gasteiger partial charge in [-0.05, 0) is 93.3 Å². The van der Waals surface area contributed by atoms with Gasteiger partial charge in [0.2, 0.25) is 0 Å². The van der Waals surface area contributed by atoms with Crippen LogP contribution in [0.5, 0.6) is 11.5 Å². The Bertz CT molecular complexity index is 2740. The van der Waals surface area contributed by atoms with Gasteiger partial charge < -0.3 is 9.47 Å². The van der Waals surface area contributed by atoms with Crippen LogP contribution in [-0.2, 0) is 13.2 Å². The molecule has 0 amide bonds. The van der Waals surface area contributed by atoms with Crippen molar-refractivity contribution in [1.82, 2.24) is 19.1 Å². The number of hydrogen-bond donors (Lipinski definition) is 0. The topological polar surface area (TPSA) is 54.1 Å². The van der Waals surface area contributed by atoms with Crippen molar-refractivity contribution in [2.45, 2.75) is 13.2 Å². The third kappa shape index (κ3) is 5.71. The summed E-state index contributed by atoms with van der Waals surface area (Å²) in [4.78, 5) is 9.13. The maximum absolute atomic E-state index is 6.75. The molecule has 0 aliphatic carbocycles. The van der Waals surface area contributed by atoms with Crippen LogP contribution in [0.1, 0.15) is 11.1 Å². The second-order valence-corrected chi connectivity index (χ2v) is 13.4. The molecule has 0 N–H and O–H groups in total. The van der Waals surface area contributed by atoms with Crippen LogP contribution in [0.4, 0.5) is 0 Å². The molecule has 0 spiro atoms. The fourth-order valence-electron chi connectivity index (χ4n) is 7.42. The predicted molar refractivity (Wildman–Crippen MR) is 218 cm³/mol. The molecule has 258 valence electrons. The molecular weight excluding hydrogens is 665 g/mol. The molecule has 0 bridgehead atoms. The minimum absolute atomic E-state index is 0.413. The first-order valence-corrected chi connectivity index (χ1v) is 18.1. The Hall–Kier alpha value is -7.18. The Morgan fingerprint density at radius 1 is 0.389 bits per heavy atom. The van der Waals surface area contributed by atoms with Gasteiger partial charge in [-0.2, -0.15) is 0 Å². The van der Waals surface area contributed by atoms with Gasteiger partial charge in [-0.1, -0.05) is 109 Å². The zero-order valence-corrected chi connectivity index (χ0v) is 29.3. The molecule has 0 atom stereocenters. The summed E-state index contributed by atoms with van der Waals surface area (Å²) in [5.74, 6) is 1.60. The number of rotatable bonds is 9. The quantitative estimate of drug-likeness (QED) is 0.151. The predicted octanol–water partition coefficient (Wildman–Crippen LogP) is 11.5. The molecule has 8 aromatic carbocycles. The van der Waals surface area contributed by atoms with E-state index in [2.05, 4.69) is 153 Å². The standard InChI is InChI=1S/C48H34N4O2/c1-3-11-39-35(9-1)21-27-45(53-29-33-17-23-37(24-18-33)51-31-49-41-13-5-7-15-43(41)51)47(39)48-40-12-4-2-10-36(40)22-28-46(48)54-30-34-19-25-38(26-20-34)52-32-50-42-14-6-8-16-44(42)52/h1-28,31-32H,29-30H2. The molecule has 0 aliphatic rings. The maximum Gasteiger partial charge on any atom is 0.128 e. The lowest BCUT2D eigenvalue weighted by atomic mass is 9.92. The monoisotopic (exact) mass is 698 g/mol. The Kier molecular flexibility index (Phi) is 7.84. The van der Waals surface area contributed by atoms with E-state index in [0.29, 0.717) is 13.2 Å². The van der Waals surface area contributed by atoms with E-state index in [-0.39, 0.29) is 0 Å². The lowest BCUT2D eigenvalue weighted by Crippen LogP contribution is -2.01. The molecule has 2 aromatic heterocycles. The summed E-state index contributed by atoms with van der Waals surface area (Å²) in [5, 5.41) is 4.49. The molecular formula is C48H34N4O2. The number of imidazole rings is 2. The first kappa shape index (κ1) is 31.5. The lowest BCUT2D eigenvalue weighted by molar-refractivity contribution is 0.303. The van der Waals surface area contributed by atoms with Crippen molar-refractivity contribution in [2.75, 3.05) is 0 Å². The fraction of sp³-hybridized carbons (Fsp3) is 0.0417.